The standard InChI is InChI=1S/C12H16N4OS/c1-3-13-8-11-15-16-12(17-11)14-9-6-4-5-7-10(9)18-2/h4-7,13H,3,8H2,1-2H3,(H,14,16). The van der Waals surface area contributed by atoms with E-state index in [4.69, 9.17) is 4.42 Å². The minimum Gasteiger partial charge on any atom is -0.406 e. The van der Waals surface area contributed by atoms with Gasteiger partial charge in [-0.25, -0.2) is 0 Å². The maximum absolute atomic E-state index is 5.48. The molecule has 0 aliphatic heterocycles. The molecule has 0 radical (unpaired) electrons. The third kappa shape index (κ3) is 3.24. The minimum atomic E-state index is 0.421. The van der Waals surface area contributed by atoms with Crippen LogP contribution < -0.4 is 10.6 Å². The Kier molecular flexibility index (Phi) is 4.60. The van der Waals surface area contributed by atoms with Gasteiger partial charge in [0.05, 0.1) is 12.2 Å². The van der Waals surface area contributed by atoms with Crippen molar-refractivity contribution in [3.05, 3.63) is 30.2 Å². The van der Waals surface area contributed by atoms with Crippen LogP contribution >= 0.6 is 11.8 Å². The van der Waals surface area contributed by atoms with E-state index in [2.05, 4.69) is 20.8 Å². The zero-order chi connectivity index (χ0) is 12.8. The van der Waals surface area contributed by atoms with Crippen molar-refractivity contribution >= 4 is 23.5 Å². The quantitative estimate of drug-likeness (QED) is 0.782. The second kappa shape index (κ2) is 6.42. The van der Waals surface area contributed by atoms with Crippen LogP contribution in [0.2, 0.25) is 0 Å². The summed E-state index contributed by atoms with van der Waals surface area (Å²) in [4.78, 5) is 1.14. The van der Waals surface area contributed by atoms with Gasteiger partial charge in [-0.05, 0) is 24.9 Å². The predicted molar refractivity (Wildman–Crippen MR) is 73.2 cm³/mol. The van der Waals surface area contributed by atoms with Crippen LogP contribution in [0.25, 0.3) is 0 Å². The van der Waals surface area contributed by atoms with E-state index in [0.717, 1.165) is 17.1 Å². The number of nitrogens with zero attached hydrogens (tertiary/aromatic N) is 2. The zero-order valence-electron chi connectivity index (χ0n) is 10.4. The predicted octanol–water partition coefficient (Wildman–Crippen LogP) is 2.64. The van der Waals surface area contributed by atoms with E-state index < -0.39 is 0 Å². The molecule has 0 spiro atoms. The molecule has 0 fully saturated rings. The number of hydrogen-bond acceptors (Lipinski definition) is 6. The summed E-state index contributed by atoms with van der Waals surface area (Å²) in [6.45, 7) is 3.50. The molecule has 1 aromatic carbocycles. The van der Waals surface area contributed by atoms with E-state index >= 15 is 0 Å². The Bertz CT molecular complexity index is 500. The lowest BCUT2D eigenvalue weighted by molar-refractivity contribution is 0.484. The Morgan fingerprint density at radius 1 is 1.28 bits per heavy atom. The number of aromatic nitrogens is 2. The Hall–Kier alpha value is -1.53. The summed E-state index contributed by atoms with van der Waals surface area (Å²) in [6.07, 6.45) is 2.03. The fraction of sp³-hybridized carbons (Fsp3) is 0.333. The van der Waals surface area contributed by atoms with E-state index in [1.807, 2.05) is 37.4 Å². The third-order valence-electron chi connectivity index (χ3n) is 2.34. The first-order chi connectivity index (χ1) is 8.83. The van der Waals surface area contributed by atoms with Crippen LogP contribution in [0.3, 0.4) is 0 Å². The molecule has 0 atom stereocenters. The summed E-state index contributed by atoms with van der Waals surface area (Å²) in [5.74, 6) is 0.584. The van der Waals surface area contributed by atoms with Crippen LogP contribution in [0.1, 0.15) is 12.8 Å². The van der Waals surface area contributed by atoms with Crippen molar-refractivity contribution in [3.8, 4) is 0 Å². The van der Waals surface area contributed by atoms with Crippen LogP contribution in [0, 0.1) is 0 Å². The Morgan fingerprint density at radius 3 is 2.89 bits per heavy atom. The number of benzene rings is 1. The molecule has 0 saturated carbocycles. The normalized spacial score (nSPS) is 10.6. The van der Waals surface area contributed by atoms with Gasteiger partial charge in [-0.2, -0.15) is 0 Å². The summed E-state index contributed by atoms with van der Waals surface area (Å²) in [5, 5.41) is 14.2. The second-order valence-corrected chi connectivity index (χ2v) is 4.45. The molecule has 0 saturated heterocycles. The summed E-state index contributed by atoms with van der Waals surface area (Å²) in [7, 11) is 0. The maximum atomic E-state index is 5.48. The molecule has 6 heteroatoms. The molecular weight excluding hydrogens is 248 g/mol. The molecule has 0 aliphatic rings. The number of nitrogens with one attached hydrogen (secondary N) is 2. The van der Waals surface area contributed by atoms with Crippen molar-refractivity contribution in [2.75, 3.05) is 18.1 Å². The van der Waals surface area contributed by atoms with Gasteiger partial charge in [0.25, 0.3) is 0 Å². The van der Waals surface area contributed by atoms with E-state index in [-0.39, 0.29) is 0 Å². The van der Waals surface area contributed by atoms with Gasteiger partial charge in [-0.3, -0.25) is 0 Å². The Balaban J connectivity index is 2.06. The SMILES string of the molecule is CCNCc1nnc(Nc2ccccc2SC)o1. The Labute approximate surface area is 110 Å². The smallest absolute Gasteiger partial charge is 0.320 e. The van der Waals surface area contributed by atoms with E-state index in [1.54, 1.807) is 11.8 Å². The molecule has 2 N–H and O–H groups in total. The molecule has 1 aromatic heterocycles. The molecule has 5 nitrogen and oxygen atoms in total. The van der Waals surface area contributed by atoms with Crippen LogP contribution in [-0.4, -0.2) is 23.0 Å². The number of thioether (sulfide) groups is 1. The van der Waals surface area contributed by atoms with Crippen molar-refractivity contribution in [3.63, 3.8) is 0 Å². The lowest BCUT2D eigenvalue weighted by Crippen LogP contribution is -2.11. The molecular formula is C12H16N4OS. The molecule has 2 aromatic rings. The van der Waals surface area contributed by atoms with Gasteiger partial charge in [-0.15, -0.1) is 16.9 Å². The average Bonchev–Trinajstić information content (AvgIpc) is 2.84. The Morgan fingerprint density at radius 2 is 2.11 bits per heavy atom. The fourth-order valence-electron chi connectivity index (χ4n) is 1.47. The molecule has 2 rings (SSSR count). The van der Waals surface area contributed by atoms with Crippen molar-refractivity contribution < 1.29 is 4.42 Å². The maximum Gasteiger partial charge on any atom is 0.320 e. The topological polar surface area (TPSA) is 63.0 Å². The monoisotopic (exact) mass is 264 g/mol. The lowest BCUT2D eigenvalue weighted by Gasteiger charge is -2.05. The zero-order valence-corrected chi connectivity index (χ0v) is 11.3. The highest BCUT2D eigenvalue weighted by Crippen LogP contribution is 2.27. The number of para-hydroxylation sites is 1. The lowest BCUT2D eigenvalue weighted by atomic mass is 10.3. The first-order valence-electron chi connectivity index (χ1n) is 5.76. The van der Waals surface area contributed by atoms with Gasteiger partial charge in [0, 0.05) is 4.90 Å². The highest BCUT2D eigenvalue weighted by Gasteiger charge is 2.07. The molecule has 0 unspecified atom stereocenters. The number of hydrogen-bond donors (Lipinski definition) is 2. The van der Waals surface area contributed by atoms with E-state index in [0.29, 0.717) is 18.5 Å². The highest BCUT2D eigenvalue weighted by atomic mass is 32.2. The molecule has 0 amide bonds. The van der Waals surface area contributed by atoms with Gasteiger partial charge in [-0.1, -0.05) is 24.2 Å². The van der Waals surface area contributed by atoms with Crippen molar-refractivity contribution in [1.29, 1.82) is 0 Å². The number of rotatable bonds is 6. The summed E-state index contributed by atoms with van der Waals surface area (Å²) in [6, 6.07) is 8.42. The highest BCUT2D eigenvalue weighted by molar-refractivity contribution is 7.98. The first kappa shape index (κ1) is 12.9. The largest absolute Gasteiger partial charge is 0.406 e. The van der Waals surface area contributed by atoms with Crippen LogP contribution in [0.5, 0.6) is 0 Å². The van der Waals surface area contributed by atoms with E-state index in [9.17, 15) is 0 Å². The van der Waals surface area contributed by atoms with Gasteiger partial charge < -0.3 is 15.1 Å². The van der Waals surface area contributed by atoms with Crippen LogP contribution in [0.4, 0.5) is 11.7 Å². The van der Waals surface area contributed by atoms with Crippen molar-refractivity contribution in [2.45, 2.75) is 18.4 Å². The molecule has 1 heterocycles. The van der Waals surface area contributed by atoms with Crippen molar-refractivity contribution in [2.24, 2.45) is 0 Å². The molecule has 0 aliphatic carbocycles. The summed E-state index contributed by atoms with van der Waals surface area (Å²) in [5.41, 5.74) is 0.976. The fourth-order valence-corrected chi connectivity index (χ4v) is 2.02. The van der Waals surface area contributed by atoms with Crippen LogP contribution in [-0.2, 0) is 6.54 Å². The molecule has 0 bridgehead atoms. The molecule has 18 heavy (non-hydrogen) atoms. The second-order valence-electron chi connectivity index (χ2n) is 3.61. The van der Waals surface area contributed by atoms with Crippen molar-refractivity contribution in [1.82, 2.24) is 15.5 Å². The third-order valence-corrected chi connectivity index (χ3v) is 3.14. The van der Waals surface area contributed by atoms with E-state index in [1.165, 1.54) is 0 Å². The van der Waals surface area contributed by atoms with Gasteiger partial charge in [0.1, 0.15) is 0 Å². The van der Waals surface area contributed by atoms with Gasteiger partial charge >= 0.3 is 6.01 Å². The summed E-state index contributed by atoms with van der Waals surface area (Å²) < 4.78 is 5.48. The number of anilines is 2. The van der Waals surface area contributed by atoms with Crippen LogP contribution in [0.15, 0.2) is 33.6 Å². The first-order valence-corrected chi connectivity index (χ1v) is 6.99. The summed E-state index contributed by atoms with van der Waals surface area (Å²) >= 11 is 1.67. The average molecular weight is 264 g/mol. The van der Waals surface area contributed by atoms with Gasteiger partial charge in [0.2, 0.25) is 5.89 Å². The minimum absolute atomic E-state index is 0.421. The molecule has 96 valence electrons. The van der Waals surface area contributed by atoms with Gasteiger partial charge in [0.15, 0.2) is 0 Å².